The van der Waals surface area contributed by atoms with E-state index < -0.39 is 6.04 Å². The number of nitrogens with one attached hydrogen (secondary N) is 1. The third-order valence-corrected chi connectivity index (χ3v) is 5.38. The number of ether oxygens (including phenoxy) is 1. The minimum atomic E-state index is -0.597. The molecule has 0 saturated carbocycles. The molecule has 30 heavy (non-hydrogen) atoms. The summed E-state index contributed by atoms with van der Waals surface area (Å²) in [6, 6.07) is 14.1. The number of halogens is 2. The van der Waals surface area contributed by atoms with Gasteiger partial charge in [-0.05, 0) is 44.0 Å². The van der Waals surface area contributed by atoms with Crippen molar-refractivity contribution < 1.29 is 14.3 Å². The molecule has 0 aromatic heterocycles. The summed E-state index contributed by atoms with van der Waals surface area (Å²) in [5.41, 5.74) is 0.637. The Morgan fingerprint density at radius 3 is 2.30 bits per heavy atom. The number of likely N-dealkylation sites (N-methyl/N-ethyl adjacent to an activating group) is 1. The van der Waals surface area contributed by atoms with Crippen LogP contribution in [-0.2, 0) is 16.1 Å². The number of hydrogen-bond acceptors (Lipinski definition) is 3. The lowest BCUT2D eigenvalue weighted by molar-refractivity contribution is -0.141. The summed E-state index contributed by atoms with van der Waals surface area (Å²) in [7, 11) is 0. The predicted octanol–water partition coefficient (Wildman–Crippen LogP) is 5.10. The number of nitrogens with zero attached hydrogens (tertiary/aromatic N) is 1. The highest BCUT2D eigenvalue weighted by molar-refractivity contribution is 6.36. The van der Waals surface area contributed by atoms with Gasteiger partial charge in [0.2, 0.25) is 11.8 Å². The Bertz CT molecular complexity index is 810. The molecule has 2 aromatic carbocycles. The lowest BCUT2D eigenvalue weighted by atomic mass is 10.1. The number of hydrogen-bond donors (Lipinski definition) is 1. The zero-order valence-corrected chi connectivity index (χ0v) is 18.9. The minimum absolute atomic E-state index is 0.138. The summed E-state index contributed by atoms with van der Waals surface area (Å²) in [4.78, 5) is 27.3. The quantitative estimate of drug-likeness (QED) is 0.484. The summed E-state index contributed by atoms with van der Waals surface area (Å²) in [6.45, 7) is 4.81. The van der Waals surface area contributed by atoms with Gasteiger partial charge < -0.3 is 15.0 Å². The maximum absolute atomic E-state index is 13.1. The SMILES string of the molecule is CCNC(=O)[C@H](CC)N(Cc1c(Cl)cccc1Cl)C(=O)CCCOc1ccccc1. The van der Waals surface area contributed by atoms with Crippen LogP contribution in [0.2, 0.25) is 10.0 Å². The van der Waals surface area contributed by atoms with Gasteiger partial charge in [-0.25, -0.2) is 0 Å². The van der Waals surface area contributed by atoms with Crippen LogP contribution in [-0.4, -0.2) is 35.9 Å². The van der Waals surface area contributed by atoms with E-state index >= 15 is 0 Å². The predicted molar refractivity (Wildman–Crippen MR) is 121 cm³/mol. The van der Waals surface area contributed by atoms with Crippen LogP contribution in [0, 0.1) is 0 Å². The lowest BCUT2D eigenvalue weighted by Gasteiger charge is -2.31. The first-order valence-corrected chi connectivity index (χ1v) is 10.9. The molecule has 0 unspecified atom stereocenters. The van der Waals surface area contributed by atoms with Crippen molar-refractivity contribution in [3.8, 4) is 5.75 Å². The van der Waals surface area contributed by atoms with Crippen LogP contribution < -0.4 is 10.1 Å². The smallest absolute Gasteiger partial charge is 0.242 e. The first kappa shape index (κ1) is 24.0. The van der Waals surface area contributed by atoms with Crippen molar-refractivity contribution in [3.05, 3.63) is 64.1 Å². The van der Waals surface area contributed by atoms with Crippen molar-refractivity contribution in [2.45, 2.75) is 45.7 Å². The fourth-order valence-corrected chi connectivity index (χ4v) is 3.66. The Morgan fingerprint density at radius 1 is 1.03 bits per heavy atom. The molecular formula is C23H28Cl2N2O3. The van der Waals surface area contributed by atoms with E-state index in [2.05, 4.69) is 5.32 Å². The molecule has 0 bridgehead atoms. The number of carbonyl (C=O) groups is 2. The number of amides is 2. The van der Waals surface area contributed by atoms with Gasteiger partial charge >= 0.3 is 0 Å². The van der Waals surface area contributed by atoms with E-state index in [1.54, 1.807) is 23.1 Å². The van der Waals surface area contributed by atoms with Crippen molar-refractivity contribution in [3.63, 3.8) is 0 Å². The first-order valence-electron chi connectivity index (χ1n) is 10.2. The molecule has 2 aromatic rings. The third kappa shape index (κ3) is 6.92. The molecule has 0 spiro atoms. The van der Waals surface area contributed by atoms with Crippen LogP contribution in [0.15, 0.2) is 48.5 Å². The average Bonchev–Trinajstić information content (AvgIpc) is 2.74. The summed E-state index contributed by atoms with van der Waals surface area (Å²) >= 11 is 12.6. The number of carbonyl (C=O) groups excluding carboxylic acids is 2. The summed E-state index contributed by atoms with van der Waals surface area (Å²) < 4.78 is 5.67. The standard InChI is InChI=1S/C23H28Cl2N2O3/c1-3-21(23(29)26-4-2)27(16-18-19(24)12-8-13-20(18)25)22(28)14-9-15-30-17-10-6-5-7-11-17/h5-8,10-13,21H,3-4,9,14-16H2,1-2H3,(H,26,29)/t21-/m0/s1. The molecule has 1 atom stereocenters. The van der Waals surface area contributed by atoms with Gasteiger partial charge in [0.25, 0.3) is 0 Å². The van der Waals surface area contributed by atoms with Crippen LogP contribution >= 0.6 is 23.2 Å². The topological polar surface area (TPSA) is 58.6 Å². The molecular weight excluding hydrogens is 423 g/mol. The summed E-state index contributed by atoms with van der Waals surface area (Å²) in [6.07, 6.45) is 1.28. The largest absolute Gasteiger partial charge is 0.494 e. The van der Waals surface area contributed by atoms with Gasteiger partial charge in [0.1, 0.15) is 11.8 Å². The Kier molecular flexibility index (Phi) is 9.98. The van der Waals surface area contributed by atoms with Gasteiger partial charge in [-0.2, -0.15) is 0 Å². The van der Waals surface area contributed by atoms with Crippen molar-refractivity contribution in [2.75, 3.05) is 13.2 Å². The third-order valence-electron chi connectivity index (χ3n) is 4.67. The molecule has 0 fully saturated rings. The van der Waals surface area contributed by atoms with Crippen LogP contribution in [0.4, 0.5) is 0 Å². The molecule has 7 heteroatoms. The van der Waals surface area contributed by atoms with E-state index in [0.717, 1.165) is 5.75 Å². The molecule has 0 heterocycles. The zero-order valence-electron chi connectivity index (χ0n) is 17.4. The van der Waals surface area contributed by atoms with Crippen molar-refractivity contribution in [2.24, 2.45) is 0 Å². The van der Waals surface area contributed by atoms with E-state index in [1.807, 2.05) is 44.2 Å². The number of rotatable bonds is 11. The van der Waals surface area contributed by atoms with Crippen molar-refractivity contribution in [1.82, 2.24) is 10.2 Å². The maximum Gasteiger partial charge on any atom is 0.242 e. The highest BCUT2D eigenvalue weighted by atomic mass is 35.5. The average molecular weight is 451 g/mol. The Balaban J connectivity index is 2.10. The molecule has 1 N–H and O–H groups in total. The molecule has 0 aliphatic carbocycles. The maximum atomic E-state index is 13.1. The molecule has 5 nitrogen and oxygen atoms in total. The summed E-state index contributed by atoms with van der Waals surface area (Å²) in [5, 5.41) is 3.75. The highest BCUT2D eigenvalue weighted by Crippen LogP contribution is 2.27. The second-order valence-corrected chi connectivity index (χ2v) is 7.62. The van der Waals surface area contributed by atoms with E-state index in [-0.39, 0.29) is 24.8 Å². The fourth-order valence-electron chi connectivity index (χ4n) is 3.14. The molecule has 0 radical (unpaired) electrons. The molecule has 0 aliphatic heterocycles. The van der Waals surface area contributed by atoms with Crippen LogP contribution in [0.1, 0.15) is 38.7 Å². The summed E-state index contributed by atoms with van der Waals surface area (Å²) in [5.74, 6) is 0.441. The van der Waals surface area contributed by atoms with Gasteiger partial charge in [-0.3, -0.25) is 9.59 Å². The molecule has 2 rings (SSSR count). The van der Waals surface area contributed by atoms with E-state index in [4.69, 9.17) is 27.9 Å². The number of para-hydroxylation sites is 1. The van der Waals surface area contributed by atoms with Crippen LogP contribution in [0.3, 0.4) is 0 Å². The highest BCUT2D eigenvalue weighted by Gasteiger charge is 2.29. The monoisotopic (exact) mass is 450 g/mol. The Morgan fingerprint density at radius 2 is 1.70 bits per heavy atom. The van der Waals surface area contributed by atoms with Crippen LogP contribution in [0.5, 0.6) is 5.75 Å². The zero-order chi connectivity index (χ0) is 21.9. The Labute approximate surface area is 188 Å². The molecule has 0 saturated heterocycles. The second kappa shape index (κ2) is 12.5. The van der Waals surface area contributed by atoms with Gasteiger partial charge in [-0.1, -0.05) is 54.4 Å². The van der Waals surface area contributed by atoms with E-state index in [1.165, 1.54) is 0 Å². The van der Waals surface area contributed by atoms with Crippen molar-refractivity contribution >= 4 is 35.0 Å². The van der Waals surface area contributed by atoms with Gasteiger partial charge in [0, 0.05) is 35.1 Å². The lowest BCUT2D eigenvalue weighted by Crippen LogP contribution is -2.49. The molecule has 162 valence electrons. The van der Waals surface area contributed by atoms with Gasteiger partial charge in [0.05, 0.1) is 6.61 Å². The molecule has 2 amide bonds. The molecule has 0 aliphatic rings. The van der Waals surface area contributed by atoms with E-state index in [0.29, 0.717) is 41.6 Å². The second-order valence-electron chi connectivity index (χ2n) is 6.81. The van der Waals surface area contributed by atoms with Crippen LogP contribution in [0.25, 0.3) is 0 Å². The normalized spacial score (nSPS) is 11.6. The van der Waals surface area contributed by atoms with E-state index in [9.17, 15) is 9.59 Å². The van der Waals surface area contributed by atoms with Gasteiger partial charge in [-0.15, -0.1) is 0 Å². The number of benzene rings is 2. The first-order chi connectivity index (χ1) is 14.5. The Hall–Kier alpha value is -2.24. The van der Waals surface area contributed by atoms with Crippen molar-refractivity contribution in [1.29, 1.82) is 0 Å². The van der Waals surface area contributed by atoms with Gasteiger partial charge in [0.15, 0.2) is 0 Å². The minimum Gasteiger partial charge on any atom is -0.494 e. The fraction of sp³-hybridized carbons (Fsp3) is 0.391.